The fourth-order valence-corrected chi connectivity index (χ4v) is 8.46. The van der Waals surface area contributed by atoms with Crippen molar-refractivity contribution in [3.8, 4) is 45.1 Å². The quantitative estimate of drug-likeness (QED) is 0.194. The molecular weight excluding hydrogens is 671 g/mol. The molecule has 7 aromatic carbocycles. The van der Waals surface area contributed by atoms with Crippen LogP contribution >= 0.6 is 0 Å². The minimum Gasteiger partial charge on any atom is -0.354 e. The summed E-state index contributed by atoms with van der Waals surface area (Å²) in [5.41, 5.74) is 15.6. The van der Waals surface area contributed by atoms with E-state index in [0.717, 1.165) is 72.7 Å². The lowest BCUT2D eigenvalue weighted by atomic mass is 9.98. The lowest BCUT2D eigenvalue weighted by Gasteiger charge is -2.12. The summed E-state index contributed by atoms with van der Waals surface area (Å²) in [5, 5.41) is 4.80. The zero-order valence-electron chi connectivity index (χ0n) is 30.5. The molecule has 4 heterocycles. The summed E-state index contributed by atoms with van der Waals surface area (Å²) in [7, 11) is 0. The maximum absolute atomic E-state index is 5.65. The molecule has 0 bridgehead atoms. The minimum atomic E-state index is 0.889. The van der Waals surface area contributed by atoms with Crippen LogP contribution in [-0.2, 0) is 0 Å². The summed E-state index contributed by atoms with van der Waals surface area (Å²) in [5.74, 6) is 1.78. The molecule has 260 valence electrons. The zero-order valence-corrected chi connectivity index (χ0v) is 30.5. The van der Waals surface area contributed by atoms with Crippen molar-refractivity contribution in [2.75, 3.05) is 0 Å². The molecule has 11 rings (SSSR count). The van der Waals surface area contributed by atoms with Crippen LogP contribution < -0.4 is 0 Å². The summed E-state index contributed by atoms with van der Waals surface area (Å²) in [6.07, 6.45) is 1.86. The highest BCUT2D eigenvalue weighted by molar-refractivity contribution is 6.14. The molecule has 0 aliphatic heterocycles. The molecule has 5 nitrogen and oxygen atoms in total. The number of nitrogens with zero attached hydrogens (tertiary/aromatic N) is 4. The number of benzene rings is 7. The number of rotatable bonds is 5. The van der Waals surface area contributed by atoms with Crippen LogP contribution in [0.2, 0.25) is 0 Å². The average Bonchev–Trinajstić information content (AvgIpc) is 3.91. The van der Waals surface area contributed by atoms with Gasteiger partial charge < -0.3 is 4.98 Å². The van der Waals surface area contributed by atoms with Crippen LogP contribution in [0.1, 0.15) is 11.1 Å². The molecule has 0 radical (unpaired) electrons. The first-order chi connectivity index (χ1) is 27.1. The van der Waals surface area contributed by atoms with Crippen molar-refractivity contribution in [2.24, 2.45) is 0 Å². The van der Waals surface area contributed by atoms with Crippen LogP contribution in [0.4, 0.5) is 0 Å². The second-order valence-corrected chi connectivity index (χ2v) is 14.5. The fraction of sp³-hybridized carbons (Fsp3) is 0.0400. The summed E-state index contributed by atoms with van der Waals surface area (Å²) in [6.45, 7) is 4.37. The lowest BCUT2D eigenvalue weighted by molar-refractivity contribution is 1.08. The maximum atomic E-state index is 5.65. The van der Waals surface area contributed by atoms with Crippen molar-refractivity contribution in [3.63, 3.8) is 0 Å². The first-order valence-electron chi connectivity index (χ1n) is 18.7. The van der Waals surface area contributed by atoms with Gasteiger partial charge in [-0.25, -0.2) is 9.97 Å². The number of hydrogen-bond acceptors (Lipinski definition) is 2. The van der Waals surface area contributed by atoms with Gasteiger partial charge in [-0.15, -0.1) is 0 Å². The molecule has 1 N–H and O–H groups in total. The largest absolute Gasteiger partial charge is 0.354 e. The predicted molar refractivity (Wildman–Crippen MR) is 228 cm³/mol. The van der Waals surface area contributed by atoms with Crippen LogP contribution in [0.3, 0.4) is 0 Å². The van der Waals surface area contributed by atoms with Gasteiger partial charge in [-0.3, -0.25) is 9.13 Å². The van der Waals surface area contributed by atoms with Crippen molar-refractivity contribution in [1.29, 1.82) is 0 Å². The van der Waals surface area contributed by atoms with Crippen LogP contribution in [-0.4, -0.2) is 24.1 Å². The number of imidazole rings is 1. The molecule has 0 atom stereocenters. The number of hydrogen-bond donors (Lipinski definition) is 1. The second-order valence-electron chi connectivity index (χ2n) is 14.5. The number of aryl methyl sites for hydroxylation is 2. The van der Waals surface area contributed by atoms with Gasteiger partial charge in [0.2, 0.25) is 0 Å². The molecule has 11 aromatic rings. The smallest absolute Gasteiger partial charge is 0.147 e. The summed E-state index contributed by atoms with van der Waals surface area (Å²) >= 11 is 0. The molecule has 0 aliphatic carbocycles. The average molecular weight is 706 g/mol. The van der Waals surface area contributed by atoms with Crippen LogP contribution in [0.25, 0.3) is 99.8 Å². The third kappa shape index (κ3) is 4.87. The van der Waals surface area contributed by atoms with E-state index in [-0.39, 0.29) is 0 Å². The Morgan fingerprint density at radius 3 is 2.05 bits per heavy atom. The molecule has 4 aromatic heterocycles. The van der Waals surface area contributed by atoms with Crippen LogP contribution in [0.5, 0.6) is 0 Å². The van der Waals surface area contributed by atoms with Crippen molar-refractivity contribution in [2.45, 2.75) is 13.8 Å². The normalized spacial score (nSPS) is 11.8. The lowest BCUT2D eigenvalue weighted by Crippen LogP contribution is -1.98. The minimum absolute atomic E-state index is 0.889. The van der Waals surface area contributed by atoms with Crippen LogP contribution in [0.15, 0.2) is 170 Å². The molecule has 0 aliphatic rings. The molecular formula is C50H35N5. The monoisotopic (exact) mass is 705 g/mol. The van der Waals surface area contributed by atoms with Gasteiger partial charge >= 0.3 is 0 Å². The molecule has 0 spiro atoms. The van der Waals surface area contributed by atoms with Gasteiger partial charge in [-0.05, 0) is 108 Å². The van der Waals surface area contributed by atoms with Gasteiger partial charge in [-0.2, -0.15) is 0 Å². The first-order valence-corrected chi connectivity index (χ1v) is 18.7. The van der Waals surface area contributed by atoms with Gasteiger partial charge in [0.25, 0.3) is 0 Å². The van der Waals surface area contributed by atoms with Crippen molar-refractivity contribution in [3.05, 3.63) is 181 Å². The third-order valence-electron chi connectivity index (χ3n) is 11.2. The Morgan fingerprint density at radius 1 is 0.473 bits per heavy atom. The standard InChI is InChI=1S/C50H35N5/c1-31-26-40-41-28-35(33-14-5-3-6-15-33)29-42(48(41)52-43(40)27-32(31)2)50-53-49-37(19-13-21-45(49)54(50)36-16-7-4-8-17-36)34-23-24-39-38-18-9-10-20-44(38)55(46(39)30-34)47-22-11-12-25-51-47/h3-30,52H,1-2H3. The van der Waals surface area contributed by atoms with Gasteiger partial charge in [0.15, 0.2) is 0 Å². The highest BCUT2D eigenvalue weighted by Crippen LogP contribution is 2.42. The van der Waals surface area contributed by atoms with Gasteiger partial charge in [0.1, 0.15) is 11.6 Å². The maximum Gasteiger partial charge on any atom is 0.147 e. The van der Waals surface area contributed by atoms with E-state index in [0.29, 0.717) is 0 Å². The van der Waals surface area contributed by atoms with E-state index in [2.05, 4.69) is 180 Å². The number of para-hydroxylation sites is 3. The number of fused-ring (bicyclic) bond motifs is 7. The van der Waals surface area contributed by atoms with Crippen molar-refractivity contribution < 1.29 is 0 Å². The summed E-state index contributed by atoms with van der Waals surface area (Å²) < 4.78 is 4.60. The highest BCUT2D eigenvalue weighted by Gasteiger charge is 2.23. The van der Waals surface area contributed by atoms with Gasteiger partial charge in [0.05, 0.1) is 27.6 Å². The number of H-pyrrole nitrogens is 1. The number of pyridine rings is 1. The topological polar surface area (TPSA) is 51.4 Å². The molecule has 0 saturated carbocycles. The van der Waals surface area contributed by atoms with E-state index in [1.807, 2.05) is 18.3 Å². The summed E-state index contributed by atoms with van der Waals surface area (Å²) in [4.78, 5) is 14.3. The number of aromatic nitrogens is 5. The molecule has 5 heteroatoms. The highest BCUT2D eigenvalue weighted by atomic mass is 15.1. The van der Waals surface area contributed by atoms with Crippen LogP contribution in [0, 0.1) is 13.8 Å². The van der Waals surface area contributed by atoms with Crippen molar-refractivity contribution in [1.82, 2.24) is 24.1 Å². The Balaban J connectivity index is 1.22. The Hall–Kier alpha value is -7.24. The fourth-order valence-electron chi connectivity index (χ4n) is 8.46. The molecule has 0 saturated heterocycles. The van der Waals surface area contributed by atoms with Crippen molar-refractivity contribution >= 4 is 54.6 Å². The molecule has 55 heavy (non-hydrogen) atoms. The van der Waals surface area contributed by atoms with E-state index in [1.165, 1.54) is 38.2 Å². The predicted octanol–water partition coefficient (Wildman–Crippen LogP) is 12.8. The number of nitrogens with one attached hydrogen (secondary N) is 1. The SMILES string of the molecule is Cc1cc2[nH]c3c(-c4nc5c(-c6ccc7c8ccccc8n(-c8ccccn8)c7c6)cccc5n4-c4ccccc4)cc(-c4ccccc4)cc3c2cc1C. The Labute approximate surface area is 317 Å². The van der Waals surface area contributed by atoms with E-state index >= 15 is 0 Å². The zero-order chi connectivity index (χ0) is 36.6. The molecule has 0 unspecified atom stereocenters. The van der Waals surface area contributed by atoms with E-state index in [1.54, 1.807) is 0 Å². The Morgan fingerprint density at radius 2 is 1.22 bits per heavy atom. The Bertz CT molecular complexity index is 3260. The molecule has 0 fully saturated rings. The Kier molecular flexibility index (Phi) is 6.92. The van der Waals surface area contributed by atoms with E-state index < -0.39 is 0 Å². The molecule has 0 amide bonds. The first kappa shape index (κ1) is 31.3. The number of aromatic amines is 1. The second kappa shape index (κ2) is 12.2. The van der Waals surface area contributed by atoms with E-state index in [4.69, 9.17) is 9.97 Å². The summed E-state index contributed by atoms with van der Waals surface area (Å²) in [6, 6.07) is 58.5. The van der Waals surface area contributed by atoms with E-state index in [9.17, 15) is 0 Å². The van der Waals surface area contributed by atoms with Gasteiger partial charge in [-0.1, -0.05) is 97.1 Å². The third-order valence-corrected chi connectivity index (χ3v) is 11.2. The van der Waals surface area contributed by atoms with Gasteiger partial charge in [0, 0.05) is 50.1 Å².